The molecule has 0 bridgehead atoms. The van der Waals surface area contributed by atoms with Gasteiger partial charge in [0.15, 0.2) is 0 Å². The minimum atomic E-state index is -0.617. The summed E-state index contributed by atoms with van der Waals surface area (Å²) in [6.45, 7) is 2.37. The van der Waals surface area contributed by atoms with Crippen LogP contribution in [-0.2, 0) is 0 Å². The standard InChI is InChI=1S/C11H12BrClN2O3/c1-7(12)5-6-14-11(16)10-8(13)3-2-4-9(10)15(17)18/h2-4,7H,5-6H2,1H3,(H,14,16). The van der Waals surface area contributed by atoms with Crippen molar-refractivity contribution in [2.45, 2.75) is 18.2 Å². The molecule has 0 radical (unpaired) electrons. The summed E-state index contributed by atoms with van der Waals surface area (Å²) < 4.78 is 0. The Balaban J connectivity index is 2.88. The quantitative estimate of drug-likeness (QED) is 0.510. The second kappa shape index (κ2) is 6.70. The number of nitro groups is 1. The molecule has 0 heterocycles. The van der Waals surface area contributed by atoms with E-state index in [9.17, 15) is 14.9 Å². The Morgan fingerprint density at radius 3 is 2.83 bits per heavy atom. The molecule has 0 aliphatic rings. The van der Waals surface area contributed by atoms with Crippen molar-refractivity contribution in [1.82, 2.24) is 5.32 Å². The monoisotopic (exact) mass is 334 g/mol. The van der Waals surface area contributed by atoms with Gasteiger partial charge < -0.3 is 5.32 Å². The zero-order chi connectivity index (χ0) is 13.7. The van der Waals surface area contributed by atoms with Gasteiger partial charge in [-0.05, 0) is 12.5 Å². The van der Waals surface area contributed by atoms with Gasteiger partial charge in [0, 0.05) is 17.4 Å². The van der Waals surface area contributed by atoms with Crippen LogP contribution in [0.15, 0.2) is 18.2 Å². The minimum absolute atomic E-state index is 0.0774. The van der Waals surface area contributed by atoms with Crippen LogP contribution in [0.2, 0.25) is 5.02 Å². The number of carbonyl (C=O) groups excluding carboxylic acids is 1. The molecule has 98 valence electrons. The lowest BCUT2D eigenvalue weighted by Gasteiger charge is -2.08. The Hall–Kier alpha value is -1.14. The molecule has 0 aliphatic carbocycles. The maximum Gasteiger partial charge on any atom is 0.283 e. The molecule has 1 atom stereocenters. The summed E-state index contributed by atoms with van der Waals surface area (Å²) in [7, 11) is 0. The predicted octanol–water partition coefficient (Wildman–Crippen LogP) is 3.15. The summed E-state index contributed by atoms with van der Waals surface area (Å²) >= 11 is 9.18. The van der Waals surface area contributed by atoms with E-state index in [2.05, 4.69) is 21.2 Å². The van der Waals surface area contributed by atoms with E-state index in [1.165, 1.54) is 18.2 Å². The van der Waals surface area contributed by atoms with Crippen molar-refractivity contribution in [3.63, 3.8) is 0 Å². The maximum atomic E-state index is 11.9. The molecule has 0 spiro atoms. The number of amides is 1. The van der Waals surface area contributed by atoms with E-state index in [0.717, 1.165) is 6.42 Å². The van der Waals surface area contributed by atoms with Gasteiger partial charge in [0.2, 0.25) is 0 Å². The zero-order valence-electron chi connectivity index (χ0n) is 9.65. The van der Waals surface area contributed by atoms with E-state index in [1.54, 1.807) is 0 Å². The lowest BCUT2D eigenvalue weighted by atomic mass is 10.1. The van der Waals surface area contributed by atoms with Crippen LogP contribution < -0.4 is 5.32 Å². The Morgan fingerprint density at radius 2 is 2.28 bits per heavy atom. The van der Waals surface area contributed by atoms with Crippen LogP contribution in [0.25, 0.3) is 0 Å². The van der Waals surface area contributed by atoms with Crippen molar-refractivity contribution in [2.75, 3.05) is 6.54 Å². The molecule has 0 saturated carbocycles. The zero-order valence-corrected chi connectivity index (χ0v) is 12.0. The first-order valence-corrected chi connectivity index (χ1v) is 6.58. The van der Waals surface area contributed by atoms with Gasteiger partial charge in [0.05, 0.1) is 9.95 Å². The number of nitrogens with one attached hydrogen (secondary N) is 1. The van der Waals surface area contributed by atoms with Crippen LogP contribution in [0, 0.1) is 10.1 Å². The van der Waals surface area contributed by atoms with Crippen molar-refractivity contribution in [1.29, 1.82) is 0 Å². The van der Waals surface area contributed by atoms with Crippen molar-refractivity contribution in [3.8, 4) is 0 Å². The van der Waals surface area contributed by atoms with Crippen molar-refractivity contribution >= 4 is 39.1 Å². The van der Waals surface area contributed by atoms with Gasteiger partial charge in [-0.1, -0.05) is 40.5 Å². The average molecular weight is 336 g/mol. The molecule has 1 N–H and O–H groups in total. The molecular formula is C11H12BrClN2O3. The first-order chi connectivity index (χ1) is 8.43. The minimum Gasteiger partial charge on any atom is -0.352 e. The Bertz CT molecular complexity index is 466. The second-order valence-corrected chi connectivity index (χ2v) is 5.69. The van der Waals surface area contributed by atoms with Gasteiger partial charge in [-0.25, -0.2) is 0 Å². The number of carbonyl (C=O) groups is 1. The van der Waals surface area contributed by atoms with Gasteiger partial charge in [-0.15, -0.1) is 0 Å². The second-order valence-electron chi connectivity index (χ2n) is 3.72. The van der Waals surface area contributed by atoms with Gasteiger partial charge in [-0.3, -0.25) is 14.9 Å². The predicted molar refractivity (Wildman–Crippen MR) is 73.4 cm³/mol. The number of nitro benzene ring substituents is 1. The topological polar surface area (TPSA) is 72.2 Å². The number of nitrogens with zero attached hydrogens (tertiary/aromatic N) is 1. The molecule has 1 aromatic rings. The largest absolute Gasteiger partial charge is 0.352 e. The van der Waals surface area contributed by atoms with Crippen LogP contribution in [0.5, 0.6) is 0 Å². The van der Waals surface area contributed by atoms with E-state index in [1.807, 2.05) is 6.92 Å². The molecule has 0 fully saturated rings. The van der Waals surface area contributed by atoms with E-state index in [0.29, 0.717) is 6.54 Å². The lowest BCUT2D eigenvalue weighted by molar-refractivity contribution is -0.385. The summed E-state index contributed by atoms with van der Waals surface area (Å²) in [4.78, 5) is 22.3. The molecular weight excluding hydrogens is 323 g/mol. The number of benzene rings is 1. The van der Waals surface area contributed by atoms with Crippen LogP contribution in [0.4, 0.5) is 5.69 Å². The fourth-order valence-corrected chi connectivity index (χ4v) is 1.85. The van der Waals surface area contributed by atoms with E-state index < -0.39 is 10.8 Å². The number of halogens is 2. The number of hydrogen-bond acceptors (Lipinski definition) is 3. The fourth-order valence-electron chi connectivity index (χ4n) is 1.36. The molecule has 7 heteroatoms. The summed E-state index contributed by atoms with van der Waals surface area (Å²) in [6, 6.07) is 4.16. The normalized spacial score (nSPS) is 11.9. The highest BCUT2D eigenvalue weighted by atomic mass is 79.9. The highest BCUT2D eigenvalue weighted by Gasteiger charge is 2.22. The smallest absolute Gasteiger partial charge is 0.283 e. The van der Waals surface area contributed by atoms with Gasteiger partial charge >= 0.3 is 0 Å². The average Bonchev–Trinajstić information content (AvgIpc) is 2.27. The summed E-state index contributed by atoms with van der Waals surface area (Å²) in [5.41, 5.74) is -0.377. The molecule has 1 amide bonds. The summed E-state index contributed by atoms with van der Waals surface area (Å²) in [6.07, 6.45) is 0.726. The van der Waals surface area contributed by atoms with Crippen molar-refractivity contribution in [3.05, 3.63) is 38.9 Å². The molecule has 0 saturated heterocycles. The molecule has 1 rings (SSSR count). The third-order valence-electron chi connectivity index (χ3n) is 2.24. The Kier molecular flexibility index (Phi) is 5.55. The highest BCUT2D eigenvalue weighted by Crippen LogP contribution is 2.25. The van der Waals surface area contributed by atoms with Crippen LogP contribution >= 0.6 is 27.5 Å². The summed E-state index contributed by atoms with van der Waals surface area (Å²) in [5.74, 6) is -0.527. The SMILES string of the molecule is CC(Br)CCNC(=O)c1c(Cl)cccc1[N+](=O)[O-]. The maximum absolute atomic E-state index is 11.9. The van der Waals surface area contributed by atoms with E-state index >= 15 is 0 Å². The molecule has 0 aliphatic heterocycles. The third kappa shape index (κ3) is 3.96. The number of hydrogen-bond donors (Lipinski definition) is 1. The summed E-state index contributed by atoms with van der Waals surface area (Å²) in [5, 5.41) is 13.5. The number of alkyl halides is 1. The van der Waals surface area contributed by atoms with Gasteiger partial charge in [-0.2, -0.15) is 0 Å². The molecule has 18 heavy (non-hydrogen) atoms. The van der Waals surface area contributed by atoms with Crippen LogP contribution in [0.1, 0.15) is 23.7 Å². The molecule has 1 aromatic carbocycles. The number of rotatable bonds is 5. The highest BCUT2D eigenvalue weighted by molar-refractivity contribution is 9.09. The van der Waals surface area contributed by atoms with E-state index in [4.69, 9.17) is 11.6 Å². The Labute approximate surface area is 118 Å². The fraction of sp³-hybridized carbons (Fsp3) is 0.364. The molecule has 1 unspecified atom stereocenters. The van der Waals surface area contributed by atoms with Gasteiger partial charge in [0.1, 0.15) is 5.56 Å². The van der Waals surface area contributed by atoms with E-state index in [-0.39, 0.29) is 21.1 Å². The van der Waals surface area contributed by atoms with Crippen LogP contribution in [0.3, 0.4) is 0 Å². The third-order valence-corrected chi connectivity index (χ3v) is 3.02. The van der Waals surface area contributed by atoms with Crippen LogP contribution in [-0.4, -0.2) is 22.2 Å². The lowest BCUT2D eigenvalue weighted by Crippen LogP contribution is -2.26. The first-order valence-electron chi connectivity index (χ1n) is 5.28. The molecule has 0 aromatic heterocycles. The van der Waals surface area contributed by atoms with Crippen molar-refractivity contribution < 1.29 is 9.72 Å². The van der Waals surface area contributed by atoms with Gasteiger partial charge in [0.25, 0.3) is 11.6 Å². The first kappa shape index (κ1) is 14.9. The molecule has 5 nitrogen and oxygen atoms in total. The Morgan fingerprint density at radius 1 is 1.61 bits per heavy atom. The van der Waals surface area contributed by atoms with Crippen molar-refractivity contribution in [2.24, 2.45) is 0 Å².